The van der Waals surface area contributed by atoms with Crippen LogP contribution in [0.25, 0.3) is 0 Å². The highest BCUT2D eigenvalue weighted by atomic mass is 35.5. The molecule has 0 saturated carbocycles. The van der Waals surface area contributed by atoms with E-state index in [1.165, 1.54) is 26.0 Å². The molecular formula is C18H16ClF3N2O2. The molecule has 2 aromatic rings. The molecule has 0 heterocycles. The van der Waals surface area contributed by atoms with Crippen molar-refractivity contribution < 1.29 is 22.8 Å². The molecule has 0 atom stereocenters. The van der Waals surface area contributed by atoms with Gasteiger partial charge in [-0.05, 0) is 56.3 Å². The van der Waals surface area contributed by atoms with Crippen molar-refractivity contribution in [3.8, 4) is 0 Å². The summed E-state index contributed by atoms with van der Waals surface area (Å²) in [6.45, 7) is 2.75. The number of carbonyl (C=O) groups excluding carboxylic acids is 2. The van der Waals surface area contributed by atoms with Crippen LogP contribution in [0.4, 0.5) is 24.5 Å². The number of hydrogen-bond donors (Lipinski definition) is 2. The molecule has 0 unspecified atom stereocenters. The highest BCUT2D eigenvalue weighted by Gasteiger charge is 2.37. The van der Waals surface area contributed by atoms with Crippen LogP contribution in [0.5, 0.6) is 0 Å². The van der Waals surface area contributed by atoms with Crippen molar-refractivity contribution in [2.24, 2.45) is 5.41 Å². The SMILES string of the molecule is CC(C)(C(=O)Nc1ccc(Cl)cc1)C(=O)Nc1cccc(C(F)(F)F)c1. The Morgan fingerprint density at radius 1 is 0.885 bits per heavy atom. The Labute approximate surface area is 153 Å². The van der Waals surface area contributed by atoms with E-state index in [9.17, 15) is 22.8 Å². The maximum Gasteiger partial charge on any atom is 0.416 e. The number of benzene rings is 2. The van der Waals surface area contributed by atoms with Gasteiger partial charge in [-0.1, -0.05) is 17.7 Å². The summed E-state index contributed by atoms with van der Waals surface area (Å²) in [5.41, 5.74) is -2.01. The largest absolute Gasteiger partial charge is 0.416 e. The molecule has 2 amide bonds. The van der Waals surface area contributed by atoms with E-state index in [4.69, 9.17) is 11.6 Å². The zero-order valence-corrected chi connectivity index (χ0v) is 14.7. The first-order chi connectivity index (χ1) is 12.0. The Kier molecular flexibility index (Phi) is 5.61. The molecule has 0 fully saturated rings. The number of alkyl halides is 3. The van der Waals surface area contributed by atoms with Crippen LogP contribution in [0, 0.1) is 5.41 Å². The van der Waals surface area contributed by atoms with E-state index >= 15 is 0 Å². The summed E-state index contributed by atoms with van der Waals surface area (Å²) >= 11 is 5.77. The average molecular weight is 385 g/mol. The molecule has 0 saturated heterocycles. The molecule has 0 aliphatic rings. The monoisotopic (exact) mass is 384 g/mol. The number of halogens is 4. The number of anilines is 2. The minimum absolute atomic E-state index is 0.0443. The van der Waals surface area contributed by atoms with Gasteiger partial charge in [-0.2, -0.15) is 13.2 Å². The van der Waals surface area contributed by atoms with Gasteiger partial charge in [-0.25, -0.2) is 0 Å². The number of carbonyl (C=O) groups is 2. The molecular weight excluding hydrogens is 369 g/mol. The summed E-state index contributed by atoms with van der Waals surface area (Å²) in [5, 5.41) is 5.41. The fourth-order valence-corrected chi connectivity index (χ4v) is 2.11. The lowest BCUT2D eigenvalue weighted by molar-refractivity contribution is -0.138. The molecule has 0 spiro atoms. The van der Waals surface area contributed by atoms with Crippen LogP contribution in [-0.4, -0.2) is 11.8 Å². The molecule has 0 aliphatic heterocycles. The number of amides is 2. The number of nitrogens with one attached hydrogen (secondary N) is 2. The summed E-state index contributed by atoms with van der Waals surface area (Å²) in [5.74, 6) is -1.34. The molecule has 2 N–H and O–H groups in total. The highest BCUT2D eigenvalue weighted by molar-refractivity contribution is 6.30. The molecule has 2 rings (SSSR count). The predicted octanol–water partition coefficient (Wildman–Crippen LogP) is 4.96. The zero-order valence-electron chi connectivity index (χ0n) is 13.9. The molecule has 138 valence electrons. The maximum absolute atomic E-state index is 12.8. The van der Waals surface area contributed by atoms with Crippen LogP contribution in [0.15, 0.2) is 48.5 Å². The molecule has 0 aliphatic carbocycles. The Morgan fingerprint density at radius 3 is 1.96 bits per heavy atom. The van der Waals surface area contributed by atoms with Crippen LogP contribution in [0.1, 0.15) is 19.4 Å². The molecule has 0 bridgehead atoms. The van der Waals surface area contributed by atoms with Gasteiger partial charge in [-0.15, -0.1) is 0 Å². The molecule has 2 aromatic carbocycles. The molecule has 26 heavy (non-hydrogen) atoms. The number of rotatable bonds is 4. The van der Waals surface area contributed by atoms with Crippen LogP contribution >= 0.6 is 11.6 Å². The summed E-state index contributed by atoms with van der Waals surface area (Å²) in [6, 6.07) is 10.5. The summed E-state index contributed by atoms with van der Waals surface area (Å²) in [6.07, 6.45) is -4.53. The van der Waals surface area contributed by atoms with Gasteiger partial charge in [-0.3, -0.25) is 9.59 Å². The first-order valence-electron chi connectivity index (χ1n) is 7.56. The van der Waals surface area contributed by atoms with Crippen molar-refractivity contribution in [3.63, 3.8) is 0 Å². The van der Waals surface area contributed by atoms with Crippen molar-refractivity contribution in [2.75, 3.05) is 10.6 Å². The highest BCUT2D eigenvalue weighted by Crippen LogP contribution is 2.31. The summed E-state index contributed by atoms with van der Waals surface area (Å²) in [4.78, 5) is 24.8. The van der Waals surface area contributed by atoms with Crippen molar-refractivity contribution in [2.45, 2.75) is 20.0 Å². The fraction of sp³-hybridized carbons (Fsp3) is 0.222. The fourth-order valence-electron chi connectivity index (χ4n) is 1.98. The Morgan fingerprint density at radius 2 is 1.42 bits per heavy atom. The van der Waals surface area contributed by atoms with E-state index in [1.807, 2.05) is 0 Å². The van der Waals surface area contributed by atoms with Crippen molar-refractivity contribution in [1.82, 2.24) is 0 Å². The van der Waals surface area contributed by atoms with E-state index in [0.29, 0.717) is 10.7 Å². The van der Waals surface area contributed by atoms with Crippen molar-refractivity contribution in [3.05, 3.63) is 59.1 Å². The first kappa shape index (κ1) is 19.8. The molecule has 8 heteroatoms. The zero-order chi connectivity index (χ0) is 19.5. The first-order valence-corrected chi connectivity index (χ1v) is 7.93. The standard InChI is InChI=1S/C18H16ClF3N2O2/c1-17(2,15(25)23-13-8-6-12(19)7-9-13)16(26)24-14-5-3-4-11(10-14)18(20,21)22/h3-10H,1-2H3,(H,23,25)(H,24,26). The second-order valence-electron chi connectivity index (χ2n) is 6.12. The average Bonchev–Trinajstić information content (AvgIpc) is 2.56. The van der Waals surface area contributed by atoms with Gasteiger partial charge in [0.1, 0.15) is 5.41 Å². The topological polar surface area (TPSA) is 58.2 Å². The minimum Gasteiger partial charge on any atom is -0.325 e. The van der Waals surface area contributed by atoms with Gasteiger partial charge in [0.25, 0.3) is 0 Å². The third-order valence-corrected chi connectivity index (χ3v) is 3.94. The second-order valence-corrected chi connectivity index (χ2v) is 6.56. The minimum atomic E-state index is -4.53. The van der Waals surface area contributed by atoms with Crippen LogP contribution < -0.4 is 10.6 Å². The molecule has 0 aromatic heterocycles. The van der Waals surface area contributed by atoms with Gasteiger partial charge < -0.3 is 10.6 Å². The van der Waals surface area contributed by atoms with Crippen molar-refractivity contribution in [1.29, 1.82) is 0 Å². The van der Waals surface area contributed by atoms with Crippen LogP contribution in [0.3, 0.4) is 0 Å². The number of hydrogen-bond acceptors (Lipinski definition) is 2. The smallest absolute Gasteiger partial charge is 0.325 e. The van der Waals surface area contributed by atoms with E-state index in [0.717, 1.165) is 12.1 Å². The van der Waals surface area contributed by atoms with E-state index in [1.54, 1.807) is 24.3 Å². The third-order valence-electron chi connectivity index (χ3n) is 3.69. The molecule has 4 nitrogen and oxygen atoms in total. The van der Waals surface area contributed by atoms with Gasteiger partial charge in [0.15, 0.2) is 0 Å². The van der Waals surface area contributed by atoms with Gasteiger partial charge in [0.2, 0.25) is 11.8 Å². The second kappa shape index (κ2) is 7.37. The lowest BCUT2D eigenvalue weighted by Gasteiger charge is -2.23. The summed E-state index contributed by atoms with van der Waals surface area (Å²) in [7, 11) is 0. The van der Waals surface area contributed by atoms with Gasteiger partial charge >= 0.3 is 6.18 Å². The quantitative estimate of drug-likeness (QED) is 0.732. The van der Waals surface area contributed by atoms with Gasteiger partial charge in [0, 0.05) is 16.4 Å². The maximum atomic E-state index is 12.8. The third kappa shape index (κ3) is 4.76. The van der Waals surface area contributed by atoms with Gasteiger partial charge in [0.05, 0.1) is 5.56 Å². The van der Waals surface area contributed by atoms with Crippen molar-refractivity contribution >= 4 is 34.8 Å². The normalized spacial score (nSPS) is 11.8. The Hall–Kier alpha value is -2.54. The Balaban J connectivity index is 2.12. The Bertz CT molecular complexity index is 818. The predicted molar refractivity (Wildman–Crippen MR) is 93.9 cm³/mol. The summed E-state index contributed by atoms with van der Waals surface area (Å²) < 4.78 is 38.3. The van der Waals surface area contributed by atoms with E-state index in [2.05, 4.69) is 10.6 Å². The van der Waals surface area contributed by atoms with Crippen LogP contribution in [0.2, 0.25) is 5.02 Å². The van der Waals surface area contributed by atoms with Crippen LogP contribution in [-0.2, 0) is 15.8 Å². The van der Waals surface area contributed by atoms with E-state index in [-0.39, 0.29) is 5.69 Å². The molecule has 0 radical (unpaired) electrons. The lowest BCUT2D eigenvalue weighted by atomic mass is 9.90. The lowest BCUT2D eigenvalue weighted by Crippen LogP contribution is -2.41. The van der Waals surface area contributed by atoms with E-state index < -0.39 is 29.0 Å².